The van der Waals surface area contributed by atoms with Crippen LogP contribution in [0.5, 0.6) is 0 Å². The Balaban J connectivity index is 2.47. The lowest BCUT2D eigenvalue weighted by Gasteiger charge is -2.15. The van der Waals surface area contributed by atoms with Crippen molar-refractivity contribution in [2.24, 2.45) is 0 Å². The monoisotopic (exact) mass is 248 g/mol. The molecule has 2 aromatic rings. The second-order valence-electron chi connectivity index (χ2n) is 4.36. The predicted octanol–water partition coefficient (Wildman–Crippen LogP) is 2.68. The summed E-state index contributed by atoms with van der Waals surface area (Å²) >= 11 is 0. The molecule has 1 unspecified atom stereocenters. The van der Waals surface area contributed by atoms with Crippen molar-refractivity contribution in [3.05, 3.63) is 34.3 Å². The maximum atomic E-state index is 11.6. The fraction of sp³-hybridized carbons (Fsp3) is 0.500. The summed E-state index contributed by atoms with van der Waals surface area (Å²) in [6.07, 6.45) is 1.01. The molecule has 2 rings (SSSR count). The normalized spacial score (nSPS) is 13.1. The van der Waals surface area contributed by atoms with Crippen molar-refractivity contribution >= 4 is 11.1 Å². The number of benzene rings is 1. The Hall–Kier alpha value is -1.55. The number of hydrogen-bond donors (Lipinski definition) is 1. The van der Waals surface area contributed by atoms with Gasteiger partial charge in [-0.3, -0.25) is 4.57 Å². The van der Waals surface area contributed by atoms with Gasteiger partial charge in [-0.2, -0.15) is 0 Å². The van der Waals surface area contributed by atoms with Gasteiger partial charge in [0.05, 0.1) is 5.52 Å². The Morgan fingerprint density at radius 2 is 2.11 bits per heavy atom. The molecule has 0 saturated heterocycles. The molecule has 0 radical (unpaired) electrons. The van der Waals surface area contributed by atoms with Crippen molar-refractivity contribution in [2.75, 3.05) is 6.54 Å². The van der Waals surface area contributed by atoms with Crippen LogP contribution in [0.15, 0.2) is 27.4 Å². The molecule has 4 heteroatoms. The molecular weight excluding hydrogens is 228 g/mol. The van der Waals surface area contributed by atoms with Gasteiger partial charge in [-0.1, -0.05) is 19.9 Å². The minimum atomic E-state index is -0.277. The standard InChI is InChI=1S/C14H20N2O2/c1-4-11(15-5-2)10-7-8-12-13(9-10)18-14(17)16(12)6-3/h7-9,11,15H,4-6H2,1-3H3. The molecule has 0 bridgehead atoms. The summed E-state index contributed by atoms with van der Waals surface area (Å²) in [6.45, 7) is 7.74. The number of aryl methyl sites for hydroxylation is 1. The zero-order valence-corrected chi connectivity index (χ0v) is 11.2. The first-order chi connectivity index (χ1) is 8.71. The van der Waals surface area contributed by atoms with E-state index >= 15 is 0 Å². The Morgan fingerprint density at radius 3 is 2.72 bits per heavy atom. The minimum Gasteiger partial charge on any atom is -0.408 e. The van der Waals surface area contributed by atoms with Gasteiger partial charge in [0.1, 0.15) is 0 Å². The maximum Gasteiger partial charge on any atom is 0.419 e. The van der Waals surface area contributed by atoms with Crippen LogP contribution in [-0.4, -0.2) is 11.1 Å². The fourth-order valence-electron chi connectivity index (χ4n) is 2.34. The Labute approximate surface area is 107 Å². The third-order valence-electron chi connectivity index (χ3n) is 3.27. The topological polar surface area (TPSA) is 47.2 Å². The third kappa shape index (κ3) is 2.20. The molecule has 0 aliphatic carbocycles. The van der Waals surface area contributed by atoms with E-state index in [1.54, 1.807) is 4.57 Å². The predicted molar refractivity (Wildman–Crippen MR) is 72.9 cm³/mol. The molecule has 1 heterocycles. The van der Waals surface area contributed by atoms with Crippen molar-refractivity contribution < 1.29 is 4.42 Å². The molecule has 0 aliphatic heterocycles. The highest BCUT2D eigenvalue weighted by Gasteiger charge is 2.12. The van der Waals surface area contributed by atoms with Crippen LogP contribution in [0.2, 0.25) is 0 Å². The lowest BCUT2D eigenvalue weighted by Crippen LogP contribution is -2.19. The smallest absolute Gasteiger partial charge is 0.408 e. The lowest BCUT2D eigenvalue weighted by atomic mass is 10.0. The second kappa shape index (κ2) is 5.40. The van der Waals surface area contributed by atoms with E-state index in [0.29, 0.717) is 18.2 Å². The van der Waals surface area contributed by atoms with E-state index in [0.717, 1.165) is 18.5 Å². The van der Waals surface area contributed by atoms with Crippen molar-refractivity contribution in [3.63, 3.8) is 0 Å². The van der Waals surface area contributed by atoms with E-state index in [1.165, 1.54) is 5.56 Å². The van der Waals surface area contributed by atoms with Crippen LogP contribution in [-0.2, 0) is 6.54 Å². The highest BCUT2D eigenvalue weighted by Crippen LogP contribution is 2.21. The van der Waals surface area contributed by atoms with Gasteiger partial charge < -0.3 is 9.73 Å². The highest BCUT2D eigenvalue weighted by atomic mass is 16.4. The van der Waals surface area contributed by atoms with Gasteiger partial charge in [0, 0.05) is 12.6 Å². The fourth-order valence-corrected chi connectivity index (χ4v) is 2.34. The molecule has 1 N–H and O–H groups in total. The lowest BCUT2D eigenvalue weighted by molar-refractivity contribution is 0.510. The average Bonchev–Trinajstić information content (AvgIpc) is 2.70. The molecule has 1 atom stereocenters. The van der Waals surface area contributed by atoms with E-state index < -0.39 is 0 Å². The quantitative estimate of drug-likeness (QED) is 0.885. The summed E-state index contributed by atoms with van der Waals surface area (Å²) in [5.41, 5.74) is 2.72. The zero-order valence-electron chi connectivity index (χ0n) is 11.2. The van der Waals surface area contributed by atoms with Crippen LogP contribution in [0, 0.1) is 0 Å². The van der Waals surface area contributed by atoms with E-state index in [-0.39, 0.29) is 5.76 Å². The molecule has 1 aromatic carbocycles. The summed E-state index contributed by atoms with van der Waals surface area (Å²) in [4.78, 5) is 11.6. The summed E-state index contributed by atoms with van der Waals surface area (Å²) in [5, 5.41) is 3.42. The first-order valence-electron chi connectivity index (χ1n) is 6.57. The van der Waals surface area contributed by atoms with Gasteiger partial charge >= 0.3 is 5.76 Å². The molecule has 18 heavy (non-hydrogen) atoms. The first kappa shape index (κ1) is 12.9. The Bertz CT molecular complexity index is 583. The van der Waals surface area contributed by atoms with Crippen molar-refractivity contribution in [1.29, 1.82) is 0 Å². The van der Waals surface area contributed by atoms with Gasteiger partial charge in [0.2, 0.25) is 0 Å². The minimum absolute atomic E-state index is 0.277. The number of nitrogens with one attached hydrogen (secondary N) is 1. The van der Waals surface area contributed by atoms with Crippen LogP contribution in [0.3, 0.4) is 0 Å². The summed E-state index contributed by atoms with van der Waals surface area (Å²) in [6, 6.07) is 6.33. The molecular formula is C14H20N2O2. The van der Waals surface area contributed by atoms with Crippen LogP contribution in [0.25, 0.3) is 11.1 Å². The number of hydrogen-bond acceptors (Lipinski definition) is 3. The van der Waals surface area contributed by atoms with Gasteiger partial charge in [-0.15, -0.1) is 0 Å². The van der Waals surface area contributed by atoms with Gasteiger partial charge in [0.15, 0.2) is 5.58 Å². The van der Waals surface area contributed by atoms with E-state index in [4.69, 9.17) is 4.42 Å². The SMILES string of the molecule is CCNC(CC)c1ccc2c(c1)oc(=O)n2CC. The Kier molecular flexibility index (Phi) is 3.87. The summed E-state index contributed by atoms with van der Waals surface area (Å²) in [7, 11) is 0. The number of oxazole rings is 1. The molecule has 0 amide bonds. The molecule has 98 valence electrons. The average molecular weight is 248 g/mol. The molecule has 0 aliphatic rings. The first-order valence-corrected chi connectivity index (χ1v) is 6.57. The number of rotatable bonds is 5. The zero-order chi connectivity index (χ0) is 13.1. The Morgan fingerprint density at radius 1 is 1.33 bits per heavy atom. The number of nitrogens with zero attached hydrogens (tertiary/aromatic N) is 1. The molecule has 1 aromatic heterocycles. The largest absolute Gasteiger partial charge is 0.419 e. The van der Waals surface area contributed by atoms with Crippen molar-refractivity contribution in [2.45, 2.75) is 39.8 Å². The molecule has 0 fully saturated rings. The van der Waals surface area contributed by atoms with E-state index in [9.17, 15) is 4.79 Å². The van der Waals surface area contributed by atoms with E-state index in [1.807, 2.05) is 19.1 Å². The maximum absolute atomic E-state index is 11.6. The number of aromatic nitrogens is 1. The van der Waals surface area contributed by atoms with Gasteiger partial charge in [-0.25, -0.2) is 4.79 Å². The molecule has 0 saturated carbocycles. The number of fused-ring (bicyclic) bond motifs is 1. The van der Waals surface area contributed by atoms with E-state index in [2.05, 4.69) is 25.2 Å². The third-order valence-corrected chi connectivity index (χ3v) is 3.27. The second-order valence-corrected chi connectivity index (χ2v) is 4.36. The van der Waals surface area contributed by atoms with Gasteiger partial charge in [-0.05, 0) is 37.6 Å². The van der Waals surface area contributed by atoms with Crippen LogP contribution in [0.4, 0.5) is 0 Å². The molecule has 0 spiro atoms. The summed E-state index contributed by atoms with van der Waals surface area (Å²) < 4.78 is 6.93. The van der Waals surface area contributed by atoms with Gasteiger partial charge in [0.25, 0.3) is 0 Å². The van der Waals surface area contributed by atoms with Crippen molar-refractivity contribution in [1.82, 2.24) is 9.88 Å². The van der Waals surface area contributed by atoms with Crippen molar-refractivity contribution in [3.8, 4) is 0 Å². The molecule has 4 nitrogen and oxygen atoms in total. The highest BCUT2D eigenvalue weighted by molar-refractivity contribution is 5.73. The van der Waals surface area contributed by atoms with Crippen LogP contribution >= 0.6 is 0 Å². The van der Waals surface area contributed by atoms with Crippen LogP contribution < -0.4 is 11.1 Å². The summed E-state index contributed by atoms with van der Waals surface area (Å²) in [5.74, 6) is -0.277. The van der Waals surface area contributed by atoms with Crippen LogP contribution in [0.1, 0.15) is 38.8 Å².